The topological polar surface area (TPSA) is 46.5 Å². The van der Waals surface area contributed by atoms with Gasteiger partial charge in [0.15, 0.2) is 0 Å². The van der Waals surface area contributed by atoms with E-state index in [0.717, 1.165) is 31.2 Å². The lowest BCUT2D eigenvalue weighted by Crippen LogP contribution is -2.17. The molecule has 1 aromatic carbocycles. The van der Waals surface area contributed by atoms with Crippen molar-refractivity contribution in [3.05, 3.63) is 48.0 Å². The molecular weight excluding hydrogens is 252 g/mol. The summed E-state index contributed by atoms with van der Waals surface area (Å²) in [5.41, 5.74) is 0.993. The molecule has 0 heterocycles. The number of aliphatic hydroxyl groups is 1. The Bertz CT molecular complexity index is 439. The van der Waals surface area contributed by atoms with E-state index in [9.17, 15) is 9.90 Å². The molecule has 2 rings (SSSR count). The van der Waals surface area contributed by atoms with Crippen LogP contribution in [-0.4, -0.2) is 17.7 Å². The summed E-state index contributed by atoms with van der Waals surface area (Å²) in [4.78, 5) is 11.7. The molecule has 108 valence electrons. The quantitative estimate of drug-likeness (QED) is 0.663. The van der Waals surface area contributed by atoms with Crippen LogP contribution in [0.2, 0.25) is 0 Å². The molecule has 2 atom stereocenters. The normalized spacial score (nSPS) is 22.9. The molecule has 3 heteroatoms. The fraction of sp³-hybridized carbons (Fsp3) is 0.471. The molecule has 1 fully saturated rings. The maximum Gasteiger partial charge on any atom is 0.330 e. The van der Waals surface area contributed by atoms with Gasteiger partial charge in [0.1, 0.15) is 6.61 Å². The van der Waals surface area contributed by atoms with Gasteiger partial charge in [0.25, 0.3) is 0 Å². The van der Waals surface area contributed by atoms with Crippen LogP contribution in [0.4, 0.5) is 0 Å². The number of esters is 1. The van der Waals surface area contributed by atoms with Gasteiger partial charge in [-0.3, -0.25) is 0 Å². The lowest BCUT2D eigenvalue weighted by atomic mass is 9.82. The molecule has 3 nitrogen and oxygen atoms in total. The van der Waals surface area contributed by atoms with E-state index in [2.05, 4.69) is 0 Å². The highest BCUT2D eigenvalue weighted by molar-refractivity contribution is 5.81. The Balaban J connectivity index is 1.75. The van der Waals surface area contributed by atoms with Crippen molar-refractivity contribution in [1.29, 1.82) is 0 Å². The molecule has 1 aliphatic carbocycles. The fourth-order valence-corrected chi connectivity index (χ4v) is 2.66. The molecule has 0 amide bonds. The van der Waals surface area contributed by atoms with Gasteiger partial charge < -0.3 is 9.84 Å². The van der Waals surface area contributed by atoms with Gasteiger partial charge in [-0.1, -0.05) is 42.8 Å². The van der Waals surface area contributed by atoms with E-state index in [1.807, 2.05) is 36.4 Å². The second-order valence-corrected chi connectivity index (χ2v) is 5.43. The van der Waals surface area contributed by atoms with Gasteiger partial charge in [0.2, 0.25) is 0 Å². The second-order valence-electron chi connectivity index (χ2n) is 5.43. The first-order valence-corrected chi connectivity index (χ1v) is 7.27. The van der Waals surface area contributed by atoms with Crippen LogP contribution < -0.4 is 0 Å². The van der Waals surface area contributed by atoms with Crippen LogP contribution >= 0.6 is 0 Å². The molecule has 0 aliphatic heterocycles. The third-order valence-electron chi connectivity index (χ3n) is 3.81. The van der Waals surface area contributed by atoms with E-state index in [1.165, 1.54) is 6.08 Å². The minimum atomic E-state index is -0.292. The summed E-state index contributed by atoms with van der Waals surface area (Å²) in [7, 11) is 0. The molecule has 1 aromatic rings. The molecule has 0 bridgehead atoms. The highest BCUT2D eigenvalue weighted by Crippen LogP contribution is 2.29. The fourth-order valence-electron chi connectivity index (χ4n) is 2.66. The van der Waals surface area contributed by atoms with Crippen LogP contribution in [0.15, 0.2) is 42.5 Å². The van der Waals surface area contributed by atoms with Crippen molar-refractivity contribution in [1.82, 2.24) is 0 Å². The number of hydrogen-bond acceptors (Lipinski definition) is 3. The van der Waals surface area contributed by atoms with Crippen molar-refractivity contribution in [2.75, 3.05) is 6.61 Å². The molecule has 0 aromatic heterocycles. The Kier molecular flexibility index (Phi) is 5.81. The zero-order valence-corrected chi connectivity index (χ0v) is 11.7. The number of aliphatic hydroxyl groups excluding tert-OH is 1. The molecule has 1 saturated carbocycles. The zero-order valence-electron chi connectivity index (χ0n) is 11.7. The van der Waals surface area contributed by atoms with Crippen molar-refractivity contribution in [2.45, 2.75) is 32.3 Å². The van der Waals surface area contributed by atoms with Crippen LogP contribution in [0.5, 0.6) is 0 Å². The van der Waals surface area contributed by atoms with E-state index in [1.54, 1.807) is 0 Å². The van der Waals surface area contributed by atoms with Crippen molar-refractivity contribution in [3.8, 4) is 0 Å². The third-order valence-corrected chi connectivity index (χ3v) is 3.81. The summed E-state index contributed by atoms with van der Waals surface area (Å²) >= 11 is 0. The maximum absolute atomic E-state index is 11.7. The number of allylic oxidation sites excluding steroid dienone is 1. The predicted molar refractivity (Wildman–Crippen MR) is 77.9 cm³/mol. The lowest BCUT2D eigenvalue weighted by Gasteiger charge is -2.25. The highest BCUT2D eigenvalue weighted by atomic mass is 16.5. The molecule has 2 unspecified atom stereocenters. The van der Waals surface area contributed by atoms with Crippen molar-refractivity contribution >= 4 is 5.97 Å². The van der Waals surface area contributed by atoms with E-state index >= 15 is 0 Å². The first-order chi connectivity index (χ1) is 9.78. The molecule has 0 spiro atoms. The summed E-state index contributed by atoms with van der Waals surface area (Å²) in [6.07, 6.45) is 7.76. The van der Waals surface area contributed by atoms with Gasteiger partial charge in [0.05, 0.1) is 0 Å². The summed E-state index contributed by atoms with van der Waals surface area (Å²) in [5, 5.41) is 9.18. The zero-order chi connectivity index (χ0) is 14.2. The number of hydrogen-bond donors (Lipinski definition) is 1. The van der Waals surface area contributed by atoms with E-state index in [4.69, 9.17) is 4.74 Å². The van der Waals surface area contributed by atoms with Gasteiger partial charge >= 0.3 is 5.97 Å². The number of carbonyl (C=O) groups excluding carboxylic acids is 1. The number of ether oxygens (including phenoxy) is 1. The SMILES string of the molecule is O=C(/C=C/C1CCCC(CO)C1)OCc1ccccc1. The van der Waals surface area contributed by atoms with Crippen LogP contribution in [0.3, 0.4) is 0 Å². The van der Waals surface area contributed by atoms with Crippen molar-refractivity contribution < 1.29 is 14.6 Å². The average Bonchev–Trinajstić information content (AvgIpc) is 2.52. The summed E-state index contributed by atoms with van der Waals surface area (Å²) < 4.78 is 5.20. The van der Waals surface area contributed by atoms with Gasteiger partial charge in [-0.05, 0) is 36.7 Å². The molecule has 1 N–H and O–H groups in total. The number of rotatable bonds is 5. The van der Waals surface area contributed by atoms with E-state index in [0.29, 0.717) is 18.4 Å². The van der Waals surface area contributed by atoms with Crippen LogP contribution in [0, 0.1) is 11.8 Å². The first-order valence-electron chi connectivity index (χ1n) is 7.27. The monoisotopic (exact) mass is 274 g/mol. The summed E-state index contributed by atoms with van der Waals surface area (Å²) in [6.45, 7) is 0.566. The Morgan fingerprint density at radius 2 is 2.10 bits per heavy atom. The summed E-state index contributed by atoms with van der Waals surface area (Å²) in [6, 6.07) is 9.66. The smallest absolute Gasteiger partial charge is 0.330 e. The molecule has 20 heavy (non-hydrogen) atoms. The first kappa shape index (κ1) is 14.8. The van der Waals surface area contributed by atoms with E-state index < -0.39 is 0 Å². The Labute approximate surface area is 120 Å². The third kappa shape index (κ3) is 4.82. The Hall–Kier alpha value is -1.61. The predicted octanol–water partition coefficient (Wildman–Crippen LogP) is 3.08. The Morgan fingerprint density at radius 3 is 2.85 bits per heavy atom. The number of benzene rings is 1. The lowest BCUT2D eigenvalue weighted by molar-refractivity contribution is -0.139. The van der Waals surface area contributed by atoms with Crippen LogP contribution in [-0.2, 0) is 16.1 Å². The minimum Gasteiger partial charge on any atom is -0.458 e. The van der Waals surface area contributed by atoms with Gasteiger partial charge in [-0.2, -0.15) is 0 Å². The van der Waals surface area contributed by atoms with Gasteiger partial charge in [-0.25, -0.2) is 4.79 Å². The van der Waals surface area contributed by atoms with Crippen LogP contribution in [0.25, 0.3) is 0 Å². The summed E-state index contributed by atoms with van der Waals surface area (Å²) in [5.74, 6) is 0.490. The second kappa shape index (κ2) is 7.85. The highest BCUT2D eigenvalue weighted by Gasteiger charge is 2.19. The van der Waals surface area contributed by atoms with Crippen molar-refractivity contribution in [2.24, 2.45) is 11.8 Å². The standard InChI is InChI=1S/C17H22O3/c18-12-16-8-4-7-14(11-16)9-10-17(19)20-13-15-5-2-1-3-6-15/h1-3,5-6,9-10,14,16,18H,4,7-8,11-13H2/b10-9+. The Morgan fingerprint density at radius 1 is 1.30 bits per heavy atom. The molecular formula is C17H22O3. The largest absolute Gasteiger partial charge is 0.458 e. The molecule has 1 aliphatic rings. The minimum absolute atomic E-state index is 0.253. The van der Waals surface area contributed by atoms with E-state index in [-0.39, 0.29) is 12.6 Å². The number of carbonyl (C=O) groups is 1. The molecule has 0 radical (unpaired) electrons. The van der Waals surface area contributed by atoms with Crippen LogP contribution in [0.1, 0.15) is 31.2 Å². The van der Waals surface area contributed by atoms with Gasteiger partial charge in [0, 0.05) is 12.7 Å². The average molecular weight is 274 g/mol. The molecule has 0 saturated heterocycles. The van der Waals surface area contributed by atoms with Gasteiger partial charge in [-0.15, -0.1) is 0 Å². The maximum atomic E-state index is 11.7. The van der Waals surface area contributed by atoms with Crippen molar-refractivity contribution in [3.63, 3.8) is 0 Å².